The van der Waals surface area contributed by atoms with Crippen molar-refractivity contribution in [2.75, 3.05) is 12.4 Å². The zero-order valence-corrected chi connectivity index (χ0v) is 13.2. The molecule has 0 unspecified atom stereocenters. The van der Waals surface area contributed by atoms with Gasteiger partial charge in [-0.2, -0.15) is 0 Å². The number of nitrogens with one attached hydrogen (secondary N) is 1. The molecular weight excluding hydrogens is 296 g/mol. The van der Waals surface area contributed by atoms with Crippen LogP contribution < -0.4 is 5.32 Å². The zero-order chi connectivity index (χ0) is 17.0. The van der Waals surface area contributed by atoms with Crippen molar-refractivity contribution in [2.45, 2.75) is 19.9 Å². The van der Waals surface area contributed by atoms with E-state index >= 15 is 0 Å². The van der Waals surface area contributed by atoms with Gasteiger partial charge in [0.1, 0.15) is 0 Å². The molecule has 0 aliphatic heterocycles. The van der Waals surface area contributed by atoms with Gasteiger partial charge in [0.25, 0.3) is 5.69 Å². The first-order chi connectivity index (χ1) is 10.9. The second-order valence-corrected chi connectivity index (χ2v) is 5.26. The van der Waals surface area contributed by atoms with Gasteiger partial charge in [-0.05, 0) is 43.7 Å². The van der Waals surface area contributed by atoms with Crippen LogP contribution in [-0.4, -0.2) is 27.9 Å². The highest BCUT2D eigenvalue weighted by molar-refractivity contribution is 5.89. The van der Waals surface area contributed by atoms with E-state index < -0.39 is 4.92 Å². The van der Waals surface area contributed by atoms with Crippen LogP contribution in [0.5, 0.6) is 0 Å². The number of hydrogen-bond acceptors (Lipinski definition) is 4. The third kappa shape index (κ3) is 3.82. The van der Waals surface area contributed by atoms with Gasteiger partial charge in [0.15, 0.2) is 0 Å². The van der Waals surface area contributed by atoms with Gasteiger partial charge in [-0.15, -0.1) is 0 Å². The van der Waals surface area contributed by atoms with Crippen LogP contribution >= 0.6 is 0 Å². The zero-order valence-electron chi connectivity index (χ0n) is 13.2. The number of carbonyl (C=O) groups excluding carboxylic acids is 1. The number of aromatic nitrogens is 1. The molecule has 1 heterocycles. The molecule has 120 valence electrons. The first-order valence-corrected chi connectivity index (χ1v) is 7.09. The normalized spacial score (nSPS) is 11.6. The summed E-state index contributed by atoms with van der Waals surface area (Å²) in [6.45, 7) is 3.55. The third-order valence-electron chi connectivity index (χ3n) is 3.73. The molecule has 0 saturated heterocycles. The second kappa shape index (κ2) is 6.87. The molecule has 2 amide bonds. The van der Waals surface area contributed by atoms with E-state index in [0.29, 0.717) is 11.3 Å². The van der Waals surface area contributed by atoms with E-state index in [9.17, 15) is 14.9 Å². The Kier molecular flexibility index (Phi) is 4.90. The Hall–Kier alpha value is -2.96. The van der Waals surface area contributed by atoms with Crippen LogP contribution in [0.1, 0.15) is 24.1 Å². The Morgan fingerprint density at radius 1 is 1.30 bits per heavy atom. The minimum absolute atomic E-state index is 0.0292. The molecule has 1 aromatic carbocycles. The number of benzene rings is 1. The number of amides is 2. The van der Waals surface area contributed by atoms with Gasteiger partial charge in [0.2, 0.25) is 0 Å². The molecular formula is C16H18N4O3. The minimum atomic E-state index is -0.446. The monoisotopic (exact) mass is 314 g/mol. The highest BCUT2D eigenvalue weighted by Crippen LogP contribution is 2.23. The summed E-state index contributed by atoms with van der Waals surface area (Å²) in [5.41, 5.74) is 2.02. The molecule has 0 bridgehead atoms. The van der Waals surface area contributed by atoms with E-state index in [-0.39, 0.29) is 17.8 Å². The van der Waals surface area contributed by atoms with Crippen LogP contribution in [0.2, 0.25) is 0 Å². The first kappa shape index (κ1) is 16.4. The van der Waals surface area contributed by atoms with Crippen molar-refractivity contribution in [2.24, 2.45) is 0 Å². The Balaban J connectivity index is 2.09. The van der Waals surface area contributed by atoms with Crippen molar-refractivity contribution >= 4 is 17.4 Å². The molecule has 0 fully saturated rings. The lowest BCUT2D eigenvalue weighted by atomic mass is 10.1. The van der Waals surface area contributed by atoms with Crippen molar-refractivity contribution in [1.82, 2.24) is 9.88 Å². The van der Waals surface area contributed by atoms with Crippen LogP contribution in [0.3, 0.4) is 0 Å². The Morgan fingerprint density at radius 2 is 1.96 bits per heavy atom. The maximum absolute atomic E-state index is 12.3. The van der Waals surface area contributed by atoms with E-state index in [4.69, 9.17) is 0 Å². The van der Waals surface area contributed by atoms with Crippen molar-refractivity contribution in [3.05, 3.63) is 64.0 Å². The first-order valence-electron chi connectivity index (χ1n) is 7.09. The van der Waals surface area contributed by atoms with E-state index in [1.165, 1.54) is 12.1 Å². The van der Waals surface area contributed by atoms with Gasteiger partial charge in [-0.25, -0.2) is 4.79 Å². The molecule has 23 heavy (non-hydrogen) atoms. The standard InChI is InChI=1S/C16H18N4O3/c1-11-10-14(4-5-15(11)20(22)23)18-16(21)19(3)12(2)13-6-8-17-9-7-13/h4-10,12H,1-3H3,(H,18,21)/t12-/m0/s1. The number of pyridine rings is 1. The highest BCUT2D eigenvalue weighted by atomic mass is 16.6. The molecule has 1 N–H and O–H groups in total. The fourth-order valence-corrected chi connectivity index (χ4v) is 2.19. The number of nitrogens with zero attached hydrogens (tertiary/aromatic N) is 3. The summed E-state index contributed by atoms with van der Waals surface area (Å²) in [7, 11) is 1.69. The molecule has 0 spiro atoms. The van der Waals surface area contributed by atoms with Crippen molar-refractivity contribution in [3.8, 4) is 0 Å². The summed E-state index contributed by atoms with van der Waals surface area (Å²) in [5.74, 6) is 0. The van der Waals surface area contributed by atoms with Gasteiger partial charge in [0.05, 0.1) is 11.0 Å². The number of nitro groups is 1. The third-order valence-corrected chi connectivity index (χ3v) is 3.73. The molecule has 0 aliphatic rings. The molecule has 7 heteroatoms. The van der Waals surface area contributed by atoms with E-state index in [1.807, 2.05) is 19.1 Å². The Labute approximate surface area is 134 Å². The molecule has 2 aromatic rings. The summed E-state index contributed by atoms with van der Waals surface area (Å²) < 4.78 is 0. The quantitative estimate of drug-likeness (QED) is 0.690. The van der Waals surface area contributed by atoms with Crippen molar-refractivity contribution < 1.29 is 9.72 Å². The van der Waals surface area contributed by atoms with Crippen LogP contribution in [-0.2, 0) is 0 Å². The van der Waals surface area contributed by atoms with Crippen LogP contribution in [0, 0.1) is 17.0 Å². The maximum atomic E-state index is 12.3. The number of hydrogen-bond donors (Lipinski definition) is 1. The lowest BCUT2D eigenvalue weighted by Crippen LogP contribution is -2.33. The molecule has 1 aromatic heterocycles. The molecule has 7 nitrogen and oxygen atoms in total. The van der Waals surface area contributed by atoms with E-state index in [0.717, 1.165) is 5.56 Å². The maximum Gasteiger partial charge on any atom is 0.322 e. The van der Waals surface area contributed by atoms with Gasteiger partial charge >= 0.3 is 6.03 Å². The van der Waals surface area contributed by atoms with Crippen LogP contribution in [0.4, 0.5) is 16.2 Å². The predicted octanol–water partition coefficient (Wildman–Crippen LogP) is 3.52. The van der Waals surface area contributed by atoms with Gasteiger partial charge in [0, 0.05) is 36.8 Å². The molecule has 0 radical (unpaired) electrons. The van der Waals surface area contributed by atoms with Gasteiger partial charge in [-0.3, -0.25) is 15.1 Å². The number of aryl methyl sites for hydroxylation is 1. The fraction of sp³-hybridized carbons (Fsp3) is 0.250. The highest BCUT2D eigenvalue weighted by Gasteiger charge is 2.18. The lowest BCUT2D eigenvalue weighted by molar-refractivity contribution is -0.385. The van der Waals surface area contributed by atoms with Gasteiger partial charge < -0.3 is 10.2 Å². The topological polar surface area (TPSA) is 88.4 Å². The summed E-state index contributed by atoms with van der Waals surface area (Å²) in [6, 6.07) is 7.78. The summed E-state index contributed by atoms with van der Waals surface area (Å²) in [4.78, 5) is 28.2. The number of nitro benzene ring substituents is 1. The van der Waals surface area contributed by atoms with Gasteiger partial charge in [-0.1, -0.05) is 0 Å². The van der Waals surface area contributed by atoms with Crippen molar-refractivity contribution in [1.29, 1.82) is 0 Å². The Bertz CT molecular complexity index is 719. The smallest absolute Gasteiger partial charge is 0.321 e. The summed E-state index contributed by atoms with van der Waals surface area (Å²) in [5, 5.41) is 13.6. The lowest BCUT2D eigenvalue weighted by Gasteiger charge is -2.25. The SMILES string of the molecule is Cc1cc(NC(=O)N(C)[C@@H](C)c2ccncc2)ccc1[N+](=O)[O-]. The van der Waals surface area contributed by atoms with Crippen LogP contribution in [0.25, 0.3) is 0 Å². The van der Waals surface area contributed by atoms with E-state index in [1.54, 1.807) is 37.3 Å². The summed E-state index contributed by atoms with van der Waals surface area (Å²) in [6.07, 6.45) is 3.36. The number of carbonyl (C=O) groups is 1. The average Bonchev–Trinajstić information content (AvgIpc) is 2.54. The van der Waals surface area contributed by atoms with Crippen molar-refractivity contribution in [3.63, 3.8) is 0 Å². The fourth-order valence-electron chi connectivity index (χ4n) is 2.19. The van der Waals surface area contributed by atoms with Crippen LogP contribution in [0.15, 0.2) is 42.7 Å². The number of urea groups is 1. The molecule has 2 rings (SSSR count). The largest absolute Gasteiger partial charge is 0.322 e. The average molecular weight is 314 g/mol. The predicted molar refractivity (Wildman–Crippen MR) is 87.3 cm³/mol. The molecule has 0 aliphatic carbocycles. The summed E-state index contributed by atoms with van der Waals surface area (Å²) >= 11 is 0. The molecule has 1 atom stereocenters. The number of anilines is 1. The Morgan fingerprint density at radius 3 is 2.52 bits per heavy atom. The van der Waals surface area contributed by atoms with E-state index in [2.05, 4.69) is 10.3 Å². The minimum Gasteiger partial charge on any atom is -0.321 e. The number of rotatable bonds is 4. The molecule has 0 saturated carbocycles. The second-order valence-electron chi connectivity index (χ2n) is 5.26.